The van der Waals surface area contributed by atoms with Crippen LogP contribution in [0, 0.1) is 0 Å². The van der Waals surface area contributed by atoms with Gasteiger partial charge in [-0.05, 0) is 40.1 Å². The van der Waals surface area contributed by atoms with Gasteiger partial charge in [-0.2, -0.15) is 0 Å². The van der Waals surface area contributed by atoms with Crippen molar-refractivity contribution in [2.75, 3.05) is 5.32 Å². The summed E-state index contributed by atoms with van der Waals surface area (Å²) in [6.07, 6.45) is 2.13. The van der Waals surface area contributed by atoms with Crippen LogP contribution >= 0.6 is 0 Å². The fraction of sp³-hybridized carbons (Fsp3) is 0.0357. The molecule has 0 fully saturated rings. The van der Waals surface area contributed by atoms with Gasteiger partial charge >= 0.3 is 0 Å². The standard InChI is InChI=1S/C28H20N2/c1-3-11-21-19(8-1)10-7-13-22(21)28-23-12-4-6-15-26(23)29-18-24(28)27-17-16-20-9-2-5-14-25(20)30-27/h1-18,28-29H/t28-/m1/s1. The normalized spacial score (nSPS) is 15.5. The first kappa shape index (κ1) is 17.0. The fourth-order valence-corrected chi connectivity index (χ4v) is 4.57. The number of hydrogen-bond donors (Lipinski definition) is 1. The summed E-state index contributed by atoms with van der Waals surface area (Å²) >= 11 is 0. The van der Waals surface area contributed by atoms with Gasteiger partial charge in [-0.1, -0.05) is 84.9 Å². The molecule has 0 amide bonds. The molecule has 5 aromatic rings. The van der Waals surface area contributed by atoms with Crippen LogP contribution in [0.5, 0.6) is 0 Å². The molecule has 2 heteroatoms. The number of nitrogens with one attached hydrogen (secondary N) is 1. The third-order valence-electron chi connectivity index (χ3n) is 5.99. The molecule has 142 valence electrons. The van der Waals surface area contributed by atoms with E-state index in [1.165, 1.54) is 27.5 Å². The Morgan fingerprint density at radius 3 is 2.30 bits per heavy atom. The predicted molar refractivity (Wildman–Crippen MR) is 126 cm³/mol. The largest absolute Gasteiger partial charge is 0.361 e. The van der Waals surface area contributed by atoms with Gasteiger partial charge in [0.05, 0.1) is 11.2 Å². The van der Waals surface area contributed by atoms with E-state index in [9.17, 15) is 0 Å². The molecule has 0 unspecified atom stereocenters. The highest BCUT2D eigenvalue weighted by Gasteiger charge is 2.28. The molecule has 6 rings (SSSR count). The minimum Gasteiger partial charge on any atom is -0.361 e. The van der Waals surface area contributed by atoms with Crippen molar-refractivity contribution >= 4 is 32.9 Å². The quantitative estimate of drug-likeness (QED) is 0.355. The molecule has 1 aromatic heterocycles. The van der Waals surface area contributed by atoms with Crippen LogP contribution in [0.2, 0.25) is 0 Å². The minimum atomic E-state index is 0.113. The third kappa shape index (κ3) is 2.69. The van der Waals surface area contributed by atoms with E-state index >= 15 is 0 Å². The number of nitrogens with zero attached hydrogens (tertiary/aromatic N) is 1. The van der Waals surface area contributed by atoms with Gasteiger partial charge in [0.25, 0.3) is 0 Å². The second-order valence-corrected chi connectivity index (χ2v) is 7.72. The maximum atomic E-state index is 5.02. The van der Waals surface area contributed by atoms with Crippen LogP contribution in [0.3, 0.4) is 0 Å². The average molecular weight is 384 g/mol. The van der Waals surface area contributed by atoms with Gasteiger partial charge in [-0.15, -0.1) is 0 Å². The first-order valence-electron chi connectivity index (χ1n) is 10.3. The zero-order chi connectivity index (χ0) is 19.9. The smallest absolute Gasteiger partial charge is 0.0709 e. The Balaban J connectivity index is 1.61. The van der Waals surface area contributed by atoms with E-state index in [1.807, 2.05) is 6.07 Å². The highest BCUT2D eigenvalue weighted by Crippen LogP contribution is 2.45. The average Bonchev–Trinajstić information content (AvgIpc) is 2.83. The molecule has 0 saturated heterocycles. The number of pyridine rings is 1. The maximum Gasteiger partial charge on any atom is 0.0709 e. The van der Waals surface area contributed by atoms with Gasteiger partial charge in [0.1, 0.15) is 0 Å². The van der Waals surface area contributed by atoms with Crippen molar-refractivity contribution < 1.29 is 0 Å². The first-order chi connectivity index (χ1) is 14.9. The number of aromatic nitrogens is 1. The number of benzene rings is 4. The van der Waals surface area contributed by atoms with Crippen molar-refractivity contribution in [3.05, 3.63) is 126 Å². The Morgan fingerprint density at radius 2 is 1.33 bits per heavy atom. The summed E-state index contributed by atoms with van der Waals surface area (Å²) in [4.78, 5) is 5.02. The van der Waals surface area contributed by atoms with Gasteiger partial charge in [0.2, 0.25) is 0 Å². The molecular formula is C28H20N2. The van der Waals surface area contributed by atoms with Crippen molar-refractivity contribution in [2.24, 2.45) is 0 Å². The van der Waals surface area contributed by atoms with Gasteiger partial charge in [-0.3, -0.25) is 0 Å². The van der Waals surface area contributed by atoms with Crippen molar-refractivity contribution in [3.63, 3.8) is 0 Å². The van der Waals surface area contributed by atoms with Gasteiger partial charge in [-0.25, -0.2) is 4.98 Å². The molecule has 4 aromatic carbocycles. The summed E-state index contributed by atoms with van der Waals surface area (Å²) < 4.78 is 0. The zero-order valence-corrected chi connectivity index (χ0v) is 16.4. The topological polar surface area (TPSA) is 24.9 Å². The summed E-state index contributed by atoms with van der Waals surface area (Å²) in [5, 5.41) is 7.21. The summed E-state index contributed by atoms with van der Waals surface area (Å²) in [5.74, 6) is 0.113. The maximum absolute atomic E-state index is 5.02. The monoisotopic (exact) mass is 384 g/mol. The second kappa shape index (κ2) is 6.85. The lowest BCUT2D eigenvalue weighted by Crippen LogP contribution is -2.14. The van der Waals surface area contributed by atoms with E-state index in [1.54, 1.807) is 0 Å². The molecule has 2 nitrogen and oxygen atoms in total. The van der Waals surface area contributed by atoms with Crippen LogP contribution in [0.1, 0.15) is 22.7 Å². The first-order valence-corrected chi connectivity index (χ1v) is 10.3. The van der Waals surface area contributed by atoms with Crippen LogP contribution < -0.4 is 5.32 Å². The van der Waals surface area contributed by atoms with Crippen LogP contribution in [-0.4, -0.2) is 4.98 Å². The number of para-hydroxylation sites is 2. The Bertz CT molecular complexity index is 1430. The van der Waals surface area contributed by atoms with E-state index in [0.29, 0.717) is 0 Å². The molecule has 2 heterocycles. The summed E-state index contributed by atoms with van der Waals surface area (Å²) in [6.45, 7) is 0. The number of allylic oxidation sites excluding steroid dienone is 1. The Hall–Kier alpha value is -3.91. The van der Waals surface area contributed by atoms with E-state index < -0.39 is 0 Å². The number of hydrogen-bond acceptors (Lipinski definition) is 2. The van der Waals surface area contributed by atoms with Gasteiger partial charge < -0.3 is 5.32 Å². The Morgan fingerprint density at radius 1 is 0.600 bits per heavy atom. The molecule has 1 aliphatic rings. The zero-order valence-electron chi connectivity index (χ0n) is 16.4. The number of fused-ring (bicyclic) bond motifs is 3. The minimum absolute atomic E-state index is 0.113. The third-order valence-corrected chi connectivity index (χ3v) is 5.99. The van der Waals surface area contributed by atoms with E-state index in [4.69, 9.17) is 4.98 Å². The molecule has 0 saturated carbocycles. The number of rotatable bonds is 2. The molecular weight excluding hydrogens is 364 g/mol. The van der Waals surface area contributed by atoms with Crippen molar-refractivity contribution in [1.29, 1.82) is 0 Å². The lowest BCUT2D eigenvalue weighted by atomic mass is 9.79. The van der Waals surface area contributed by atoms with E-state index in [0.717, 1.165) is 22.3 Å². The van der Waals surface area contributed by atoms with Crippen LogP contribution in [0.15, 0.2) is 109 Å². The molecule has 0 aliphatic carbocycles. The highest BCUT2D eigenvalue weighted by atomic mass is 14.9. The predicted octanol–water partition coefficient (Wildman–Crippen LogP) is 6.99. The van der Waals surface area contributed by atoms with Crippen molar-refractivity contribution in [3.8, 4) is 0 Å². The lowest BCUT2D eigenvalue weighted by molar-refractivity contribution is 1.03. The summed E-state index contributed by atoms with van der Waals surface area (Å²) in [6, 6.07) is 36.4. The fourth-order valence-electron chi connectivity index (χ4n) is 4.57. The Kier molecular flexibility index (Phi) is 3.88. The van der Waals surface area contributed by atoms with Crippen LogP contribution in [0.25, 0.3) is 27.2 Å². The van der Waals surface area contributed by atoms with Crippen molar-refractivity contribution in [2.45, 2.75) is 5.92 Å². The van der Waals surface area contributed by atoms with Crippen molar-refractivity contribution in [1.82, 2.24) is 4.98 Å². The second-order valence-electron chi connectivity index (χ2n) is 7.72. The molecule has 0 bridgehead atoms. The molecule has 1 N–H and O–H groups in total. The van der Waals surface area contributed by atoms with Crippen LogP contribution in [0.4, 0.5) is 5.69 Å². The van der Waals surface area contributed by atoms with Gasteiger partial charge in [0.15, 0.2) is 0 Å². The highest BCUT2D eigenvalue weighted by molar-refractivity contribution is 5.92. The molecule has 1 aliphatic heterocycles. The summed E-state index contributed by atoms with van der Waals surface area (Å²) in [5.41, 5.74) is 6.96. The Labute approximate surface area is 175 Å². The molecule has 0 radical (unpaired) electrons. The van der Waals surface area contributed by atoms with E-state index in [2.05, 4.69) is 109 Å². The molecule has 30 heavy (non-hydrogen) atoms. The van der Waals surface area contributed by atoms with Gasteiger partial charge in [0, 0.05) is 28.8 Å². The molecule has 0 spiro atoms. The van der Waals surface area contributed by atoms with E-state index in [-0.39, 0.29) is 5.92 Å². The SMILES string of the molecule is C1=C(c2ccc3ccccc3n2)[C@H](c2cccc3ccccc23)c2ccccc2N1. The lowest BCUT2D eigenvalue weighted by Gasteiger charge is -2.29. The number of anilines is 1. The molecule has 1 atom stereocenters. The van der Waals surface area contributed by atoms with Crippen LogP contribution in [-0.2, 0) is 0 Å². The summed E-state index contributed by atoms with van der Waals surface area (Å²) in [7, 11) is 0.